The van der Waals surface area contributed by atoms with Crippen molar-refractivity contribution in [2.24, 2.45) is 5.92 Å². The van der Waals surface area contributed by atoms with Crippen LogP contribution < -0.4 is 5.32 Å². The summed E-state index contributed by atoms with van der Waals surface area (Å²) in [6, 6.07) is 3.16. The maximum Gasteiger partial charge on any atom is 0.225 e. The quantitative estimate of drug-likeness (QED) is 0.932. The van der Waals surface area contributed by atoms with E-state index in [4.69, 9.17) is 0 Å². The molecule has 0 aliphatic carbocycles. The second-order valence-electron chi connectivity index (χ2n) is 5.71. The fourth-order valence-corrected chi connectivity index (χ4v) is 2.67. The van der Waals surface area contributed by atoms with Crippen LogP contribution in [0, 0.1) is 17.6 Å². The van der Waals surface area contributed by atoms with Gasteiger partial charge in [0.25, 0.3) is 0 Å². The molecule has 1 fully saturated rings. The van der Waals surface area contributed by atoms with Crippen LogP contribution in [0.3, 0.4) is 0 Å². The number of likely N-dealkylation sites (tertiary alicyclic amines) is 1. The smallest absolute Gasteiger partial charge is 0.225 e. The average Bonchev–Trinajstić information content (AvgIpc) is 2.50. The zero-order valence-corrected chi connectivity index (χ0v) is 12.7. The lowest BCUT2D eigenvalue weighted by atomic mass is 9.96. The van der Waals surface area contributed by atoms with E-state index < -0.39 is 17.7 Å². The van der Waals surface area contributed by atoms with Gasteiger partial charge in [0.05, 0.1) is 12.0 Å². The average molecular weight is 310 g/mol. The second kappa shape index (κ2) is 6.85. The molecule has 1 aliphatic rings. The largest absolute Gasteiger partial charge is 0.349 e. The number of carbonyl (C=O) groups excluding carboxylic acids is 2. The molecule has 0 aromatic heterocycles. The van der Waals surface area contributed by atoms with Crippen molar-refractivity contribution >= 4 is 11.8 Å². The number of benzene rings is 1. The van der Waals surface area contributed by atoms with Gasteiger partial charge in [-0.25, -0.2) is 8.78 Å². The number of hydrogen-bond donors (Lipinski definition) is 1. The Labute approximate surface area is 128 Å². The van der Waals surface area contributed by atoms with Crippen LogP contribution in [0.4, 0.5) is 8.78 Å². The molecule has 0 saturated carbocycles. The Kier molecular flexibility index (Phi) is 5.11. The summed E-state index contributed by atoms with van der Waals surface area (Å²) in [4.78, 5) is 25.3. The van der Waals surface area contributed by atoms with Gasteiger partial charge in [-0.05, 0) is 37.5 Å². The second-order valence-corrected chi connectivity index (χ2v) is 5.71. The van der Waals surface area contributed by atoms with Crippen LogP contribution >= 0.6 is 0 Å². The third kappa shape index (κ3) is 3.81. The molecule has 1 saturated heterocycles. The molecule has 1 aliphatic heterocycles. The molecule has 2 amide bonds. The molecule has 1 aromatic carbocycles. The molecule has 1 N–H and O–H groups in total. The lowest BCUT2D eigenvalue weighted by molar-refractivity contribution is -0.134. The van der Waals surface area contributed by atoms with E-state index in [1.54, 1.807) is 11.8 Å². The molecule has 1 aromatic rings. The third-order valence-corrected chi connectivity index (χ3v) is 4.04. The first-order chi connectivity index (χ1) is 10.4. The van der Waals surface area contributed by atoms with Crippen molar-refractivity contribution < 1.29 is 18.4 Å². The molecule has 120 valence electrons. The van der Waals surface area contributed by atoms with Crippen molar-refractivity contribution in [1.29, 1.82) is 0 Å². The summed E-state index contributed by atoms with van der Waals surface area (Å²) in [5, 5.41) is 2.81. The van der Waals surface area contributed by atoms with E-state index in [9.17, 15) is 18.4 Å². The minimum atomic E-state index is -0.931. The van der Waals surface area contributed by atoms with E-state index >= 15 is 0 Å². The summed E-state index contributed by atoms with van der Waals surface area (Å²) < 4.78 is 26.2. The first-order valence-corrected chi connectivity index (χ1v) is 7.39. The van der Waals surface area contributed by atoms with Crippen molar-refractivity contribution in [1.82, 2.24) is 10.2 Å². The molecular formula is C16H20F2N2O2. The number of hydrogen-bond acceptors (Lipinski definition) is 2. The van der Waals surface area contributed by atoms with E-state index in [2.05, 4.69) is 5.32 Å². The summed E-state index contributed by atoms with van der Waals surface area (Å²) in [6.07, 6.45) is 1.51. The van der Waals surface area contributed by atoms with Gasteiger partial charge in [0.15, 0.2) is 11.6 Å². The van der Waals surface area contributed by atoms with E-state index in [1.165, 1.54) is 13.0 Å². The van der Waals surface area contributed by atoms with Gasteiger partial charge in [0, 0.05) is 20.0 Å². The topological polar surface area (TPSA) is 49.4 Å². The molecular weight excluding hydrogens is 290 g/mol. The fourth-order valence-electron chi connectivity index (χ4n) is 2.67. The third-order valence-electron chi connectivity index (χ3n) is 4.04. The van der Waals surface area contributed by atoms with Gasteiger partial charge in [-0.15, -0.1) is 0 Å². The van der Waals surface area contributed by atoms with Crippen LogP contribution in [0.2, 0.25) is 0 Å². The lowest BCUT2D eigenvalue weighted by Crippen LogP contribution is -2.45. The van der Waals surface area contributed by atoms with Crippen molar-refractivity contribution in [2.75, 3.05) is 13.1 Å². The van der Waals surface area contributed by atoms with Gasteiger partial charge in [0.1, 0.15) is 0 Å². The molecule has 22 heavy (non-hydrogen) atoms. The molecule has 2 rings (SSSR count). The zero-order chi connectivity index (χ0) is 16.3. The van der Waals surface area contributed by atoms with E-state index in [1.807, 2.05) is 0 Å². The predicted molar refractivity (Wildman–Crippen MR) is 77.9 cm³/mol. The van der Waals surface area contributed by atoms with Gasteiger partial charge >= 0.3 is 0 Å². The Morgan fingerprint density at radius 2 is 2.05 bits per heavy atom. The van der Waals surface area contributed by atoms with E-state index in [0.29, 0.717) is 18.7 Å². The molecule has 0 spiro atoms. The van der Waals surface area contributed by atoms with Crippen molar-refractivity contribution in [3.05, 3.63) is 35.4 Å². The standard InChI is InChI=1S/C16H20F2N2O2/c1-10(12-5-6-14(17)15(18)8-12)19-16(22)13-4-3-7-20(9-13)11(2)21/h5-6,8,10,13H,3-4,7,9H2,1-2H3,(H,19,22). The SMILES string of the molecule is CC(=O)N1CCCC(C(=O)NC(C)c2ccc(F)c(F)c2)C1. The lowest BCUT2D eigenvalue weighted by Gasteiger charge is -2.32. The monoisotopic (exact) mass is 310 g/mol. The number of piperidine rings is 1. The van der Waals surface area contributed by atoms with E-state index in [0.717, 1.165) is 25.0 Å². The molecule has 4 nitrogen and oxygen atoms in total. The zero-order valence-electron chi connectivity index (χ0n) is 12.7. The van der Waals surface area contributed by atoms with E-state index in [-0.39, 0.29) is 17.7 Å². The molecule has 1 heterocycles. The predicted octanol–water partition coefficient (Wildman–Crippen LogP) is 2.40. The van der Waals surface area contributed by atoms with Gasteiger partial charge in [0.2, 0.25) is 11.8 Å². The highest BCUT2D eigenvalue weighted by Gasteiger charge is 2.27. The van der Waals surface area contributed by atoms with Crippen molar-refractivity contribution in [2.45, 2.75) is 32.7 Å². The van der Waals surface area contributed by atoms with Gasteiger partial charge in [-0.1, -0.05) is 6.07 Å². The maximum atomic E-state index is 13.2. The minimum absolute atomic E-state index is 0.0360. The molecule has 2 atom stereocenters. The van der Waals surface area contributed by atoms with Crippen LogP contribution in [0.1, 0.15) is 38.3 Å². The Morgan fingerprint density at radius 1 is 1.32 bits per heavy atom. The van der Waals surface area contributed by atoms with Crippen LogP contribution in [0.15, 0.2) is 18.2 Å². The number of nitrogens with one attached hydrogen (secondary N) is 1. The summed E-state index contributed by atoms with van der Waals surface area (Å²) in [5.41, 5.74) is 0.506. The molecule has 6 heteroatoms. The van der Waals surface area contributed by atoms with Crippen LogP contribution in [0.5, 0.6) is 0 Å². The van der Waals surface area contributed by atoms with Crippen molar-refractivity contribution in [3.63, 3.8) is 0 Å². The first kappa shape index (κ1) is 16.4. The van der Waals surface area contributed by atoms with Gasteiger partial charge < -0.3 is 10.2 Å². The number of rotatable bonds is 3. The molecule has 0 radical (unpaired) electrons. The normalized spacial score (nSPS) is 19.6. The van der Waals surface area contributed by atoms with Crippen molar-refractivity contribution in [3.8, 4) is 0 Å². The number of amides is 2. The summed E-state index contributed by atoms with van der Waals surface area (Å²) in [5.74, 6) is -2.30. The number of carbonyl (C=O) groups is 2. The first-order valence-electron chi connectivity index (χ1n) is 7.39. The van der Waals surface area contributed by atoms with Crippen LogP contribution in [0.25, 0.3) is 0 Å². The maximum absolute atomic E-state index is 13.2. The summed E-state index contributed by atoms with van der Waals surface area (Å²) in [7, 11) is 0. The van der Waals surface area contributed by atoms with Gasteiger partial charge in [-0.2, -0.15) is 0 Å². The highest BCUT2D eigenvalue weighted by atomic mass is 19.2. The van der Waals surface area contributed by atoms with Crippen LogP contribution in [-0.4, -0.2) is 29.8 Å². The highest BCUT2D eigenvalue weighted by Crippen LogP contribution is 2.20. The highest BCUT2D eigenvalue weighted by molar-refractivity contribution is 5.81. The van der Waals surface area contributed by atoms with Crippen LogP contribution in [-0.2, 0) is 9.59 Å². The molecule has 0 bridgehead atoms. The number of nitrogens with zero attached hydrogens (tertiary/aromatic N) is 1. The van der Waals surface area contributed by atoms with Gasteiger partial charge in [-0.3, -0.25) is 9.59 Å². The minimum Gasteiger partial charge on any atom is -0.349 e. The molecule has 2 unspecified atom stereocenters. The number of halogens is 2. The Balaban J connectivity index is 1.98. The summed E-state index contributed by atoms with van der Waals surface area (Å²) >= 11 is 0. The summed E-state index contributed by atoms with van der Waals surface area (Å²) in [6.45, 7) is 4.30. The fraction of sp³-hybridized carbons (Fsp3) is 0.500. The Bertz CT molecular complexity index is 577. The Hall–Kier alpha value is -1.98. The Morgan fingerprint density at radius 3 is 2.68 bits per heavy atom.